The minimum Gasteiger partial charge on any atom is -0.497 e. The fourth-order valence-corrected chi connectivity index (χ4v) is 3.59. The lowest BCUT2D eigenvalue weighted by molar-refractivity contribution is 0.102. The average molecular weight is 476 g/mol. The Morgan fingerprint density at radius 1 is 1.06 bits per heavy atom. The van der Waals surface area contributed by atoms with Crippen LogP contribution in [0, 0.1) is 6.92 Å². The molecule has 1 amide bonds. The molecule has 9 heteroatoms. The van der Waals surface area contributed by atoms with Crippen molar-refractivity contribution in [2.75, 3.05) is 26.6 Å². The van der Waals surface area contributed by atoms with Crippen LogP contribution >= 0.6 is 0 Å². The van der Waals surface area contributed by atoms with Gasteiger partial charge in [0, 0.05) is 23.2 Å². The SMILES string of the molecule is COc1ccc(OC)c(N=c2oc3c(C)ncc(CO)c3cc2C(=O)Nc2ccccc2OC)c1. The van der Waals surface area contributed by atoms with Crippen LogP contribution in [-0.4, -0.2) is 37.3 Å². The van der Waals surface area contributed by atoms with Crippen LogP contribution in [0.2, 0.25) is 0 Å². The van der Waals surface area contributed by atoms with Crippen molar-refractivity contribution in [2.45, 2.75) is 13.5 Å². The topological polar surface area (TPSA) is 115 Å². The number of aromatic nitrogens is 1. The first-order valence-electron chi connectivity index (χ1n) is 10.7. The molecule has 0 aliphatic heterocycles. The van der Waals surface area contributed by atoms with Crippen LogP contribution in [0.25, 0.3) is 11.0 Å². The van der Waals surface area contributed by atoms with E-state index in [-0.39, 0.29) is 17.7 Å². The smallest absolute Gasteiger partial charge is 0.261 e. The Kier molecular flexibility index (Phi) is 6.98. The quantitative estimate of drug-likeness (QED) is 0.413. The van der Waals surface area contributed by atoms with Crippen LogP contribution in [-0.2, 0) is 6.61 Å². The summed E-state index contributed by atoms with van der Waals surface area (Å²) in [6, 6.07) is 13.8. The largest absolute Gasteiger partial charge is 0.497 e. The predicted octanol–water partition coefficient (Wildman–Crippen LogP) is 4.14. The standard InChI is InChI=1S/C26H25N3O6/c1-15-24-18(16(14-30)13-27-15)12-19(25(31)28-20-7-5-6-8-22(20)33-3)26(35-24)29-21-11-17(32-2)9-10-23(21)34-4/h5-13,30H,14H2,1-4H3,(H,28,31). The molecule has 0 bridgehead atoms. The molecule has 2 heterocycles. The average Bonchev–Trinajstić information content (AvgIpc) is 2.89. The number of para-hydroxylation sites is 2. The molecule has 180 valence electrons. The Hall–Kier alpha value is -4.37. The second-order valence-corrected chi connectivity index (χ2v) is 7.54. The molecule has 9 nitrogen and oxygen atoms in total. The lowest BCUT2D eigenvalue weighted by Crippen LogP contribution is -2.22. The maximum atomic E-state index is 13.5. The molecule has 4 rings (SSSR count). The van der Waals surface area contributed by atoms with Gasteiger partial charge in [0.2, 0.25) is 5.55 Å². The highest BCUT2D eigenvalue weighted by Crippen LogP contribution is 2.31. The molecule has 0 saturated heterocycles. The van der Waals surface area contributed by atoms with Crippen molar-refractivity contribution in [1.82, 2.24) is 4.98 Å². The zero-order chi connectivity index (χ0) is 24.9. The van der Waals surface area contributed by atoms with Gasteiger partial charge >= 0.3 is 0 Å². The van der Waals surface area contributed by atoms with Crippen molar-refractivity contribution in [3.05, 3.63) is 77.1 Å². The van der Waals surface area contributed by atoms with E-state index in [0.717, 1.165) is 0 Å². The number of nitrogens with one attached hydrogen (secondary N) is 1. The molecule has 0 saturated carbocycles. The van der Waals surface area contributed by atoms with Crippen molar-refractivity contribution in [3.63, 3.8) is 0 Å². The second-order valence-electron chi connectivity index (χ2n) is 7.54. The number of carbonyl (C=O) groups excluding carboxylic acids is 1. The third-order valence-electron chi connectivity index (χ3n) is 5.43. The van der Waals surface area contributed by atoms with Crippen molar-refractivity contribution in [1.29, 1.82) is 0 Å². The number of amides is 1. The first kappa shape index (κ1) is 23.8. The molecule has 2 aromatic carbocycles. The summed E-state index contributed by atoms with van der Waals surface area (Å²) in [7, 11) is 4.59. The van der Waals surface area contributed by atoms with E-state index in [1.807, 2.05) is 0 Å². The predicted molar refractivity (Wildman–Crippen MR) is 130 cm³/mol. The van der Waals surface area contributed by atoms with Crippen LogP contribution < -0.4 is 25.1 Å². The van der Waals surface area contributed by atoms with Crippen molar-refractivity contribution >= 4 is 28.3 Å². The summed E-state index contributed by atoms with van der Waals surface area (Å²) in [6.45, 7) is 1.50. The van der Waals surface area contributed by atoms with E-state index >= 15 is 0 Å². The number of aliphatic hydroxyl groups excluding tert-OH is 1. The van der Waals surface area contributed by atoms with E-state index in [1.54, 1.807) is 68.8 Å². The molecule has 0 spiro atoms. The number of hydrogen-bond donors (Lipinski definition) is 2. The fourth-order valence-electron chi connectivity index (χ4n) is 3.59. The maximum absolute atomic E-state index is 13.5. The second kappa shape index (κ2) is 10.3. The molecular weight excluding hydrogens is 450 g/mol. The number of aryl methyl sites for hydroxylation is 1. The third kappa shape index (κ3) is 4.80. The van der Waals surface area contributed by atoms with Crippen LogP contribution in [0.1, 0.15) is 21.6 Å². The van der Waals surface area contributed by atoms with E-state index in [1.165, 1.54) is 14.2 Å². The van der Waals surface area contributed by atoms with Gasteiger partial charge in [-0.3, -0.25) is 9.78 Å². The molecule has 4 aromatic rings. The number of fused-ring (bicyclic) bond motifs is 1. The Balaban J connectivity index is 1.97. The maximum Gasteiger partial charge on any atom is 0.261 e. The minimum atomic E-state index is -0.473. The number of carbonyl (C=O) groups is 1. The van der Waals surface area contributed by atoms with E-state index in [2.05, 4.69) is 15.3 Å². The van der Waals surface area contributed by atoms with Gasteiger partial charge in [-0.15, -0.1) is 0 Å². The van der Waals surface area contributed by atoms with Crippen molar-refractivity contribution in [2.24, 2.45) is 4.99 Å². The van der Waals surface area contributed by atoms with Gasteiger partial charge in [-0.2, -0.15) is 0 Å². The first-order valence-corrected chi connectivity index (χ1v) is 10.7. The minimum absolute atomic E-state index is 0.0384. The van der Waals surface area contributed by atoms with Crippen molar-refractivity contribution in [3.8, 4) is 17.2 Å². The highest BCUT2D eigenvalue weighted by molar-refractivity contribution is 6.06. The molecule has 2 aromatic heterocycles. The molecule has 2 N–H and O–H groups in total. The number of benzene rings is 2. The Labute approximate surface area is 201 Å². The van der Waals surface area contributed by atoms with Crippen LogP contribution in [0.3, 0.4) is 0 Å². The molecular formula is C26H25N3O6. The zero-order valence-corrected chi connectivity index (χ0v) is 19.8. The van der Waals surface area contributed by atoms with E-state index in [4.69, 9.17) is 18.6 Å². The number of pyridine rings is 1. The monoisotopic (exact) mass is 475 g/mol. The van der Waals surface area contributed by atoms with Gasteiger partial charge in [-0.05, 0) is 37.3 Å². The molecule has 0 aliphatic rings. The first-order chi connectivity index (χ1) is 17.0. The molecule has 0 atom stereocenters. The summed E-state index contributed by atoms with van der Waals surface area (Å²) in [6.07, 6.45) is 1.55. The normalized spacial score (nSPS) is 11.4. The lowest BCUT2D eigenvalue weighted by Gasteiger charge is -2.12. The Morgan fingerprint density at radius 2 is 1.83 bits per heavy atom. The number of ether oxygens (including phenoxy) is 3. The van der Waals surface area contributed by atoms with Gasteiger partial charge in [0.25, 0.3) is 5.91 Å². The zero-order valence-electron chi connectivity index (χ0n) is 19.8. The summed E-state index contributed by atoms with van der Waals surface area (Å²) in [5.41, 5.74) is 2.59. The number of nitrogens with zero attached hydrogens (tertiary/aromatic N) is 2. The van der Waals surface area contributed by atoms with Crippen molar-refractivity contribution < 1.29 is 28.5 Å². The van der Waals surface area contributed by atoms with Crippen LogP contribution in [0.15, 0.2) is 64.1 Å². The number of aliphatic hydroxyl groups is 1. The van der Waals surface area contributed by atoms with Gasteiger partial charge in [-0.25, -0.2) is 4.99 Å². The fraction of sp³-hybridized carbons (Fsp3) is 0.192. The summed E-state index contributed by atoms with van der Waals surface area (Å²) in [5.74, 6) is 1.06. The van der Waals surface area contributed by atoms with Crippen LogP contribution in [0.4, 0.5) is 11.4 Å². The van der Waals surface area contributed by atoms with Gasteiger partial charge in [-0.1, -0.05) is 12.1 Å². The van der Waals surface area contributed by atoms with Gasteiger partial charge in [0.05, 0.1) is 39.3 Å². The number of hydrogen-bond acceptors (Lipinski definition) is 8. The number of rotatable bonds is 7. The van der Waals surface area contributed by atoms with E-state index < -0.39 is 5.91 Å². The number of anilines is 1. The van der Waals surface area contributed by atoms with Crippen LogP contribution in [0.5, 0.6) is 17.2 Å². The third-order valence-corrected chi connectivity index (χ3v) is 5.43. The molecule has 35 heavy (non-hydrogen) atoms. The molecule has 0 aliphatic carbocycles. The summed E-state index contributed by atoms with van der Waals surface area (Å²) >= 11 is 0. The lowest BCUT2D eigenvalue weighted by atomic mass is 10.1. The van der Waals surface area contributed by atoms with Gasteiger partial charge in [0.15, 0.2) is 5.58 Å². The summed E-state index contributed by atoms with van der Waals surface area (Å²) < 4.78 is 22.2. The molecule has 0 fully saturated rings. The van der Waals surface area contributed by atoms with E-state index in [0.29, 0.717) is 50.8 Å². The molecule has 0 unspecified atom stereocenters. The Bertz CT molecular complexity index is 1460. The summed E-state index contributed by atoms with van der Waals surface area (Å²) in [4.78, 5) is 22.4. The molecule has 0 radical (unpaired) electrons. The van der Waals surface area contributed by atoms with E-state index in [9.17, 15) is 9.90 Å². The summed E-state index contributed by atoms with van der Waals surface area (Å²) in [5, 5.41) is 13.2. The highest BCUT2D eigenvalue weighted by atomic mass is 16.5. The van der Waals surface area contributed by atoms with Gasteiger partial charge in [0.1, 0.15) is 28.5 Å². The van der Waals surface area contributed by atoms with Gasteiger partial charge < -0.3 is 29.1 Å². The Morgan fingerprint density at radius 3 is 2.54 bits per heavy atom. The number of methoxy groups -OCH3 is 3. The highest BCUT2D eigenvalue weighted by Gasteiger charge is 2.18.